The minimum absolute atomic E-state index is 0. The molecule has 0 bridgehead atoms. The van der Waals surface area contributed by atoms with E-state index in [0.717, 1.165) is 0 Å². The van der Waals surface area contributed by atoms with E-state index in [0.29, 0.717) is 0 Å². The van der Waals surface area contributed by atoms with Gasteiger partial charge < -0.3 is 17.8 Å². The van der Waals surface area contributed by atoms with Crippen molar-refractivity contribution in [3.63, 3.8) is 0 Å². The summed E-state index contributed by atoms with van der Waals surface area (Å²) in [5.74, 6) is 0. The molecule has 0 aromatic carbocycles. The van der Waals surface area contributed by atoms with Crippen molar-refractivity contribution in [2.45, 2.75) is 26.3 Å². The minimum atomic E-state index is -4.78. The first-order chi connectivity index (χ1) is 5.87. The largest absolute Gasteiger partial charge is 1.00 e. The van der Waals surface area contributed by atoms with Crippen LogP contribution in [-0.4, -0.2) is 30.9 Å². The van der Waals surface area contributed by atoms with Gasteiger partial charge in [-0.15, -0.1) is 0 Å². The molecule has 0 atom stereocenters. The Hall–Kier alpha value is 0.941. The van der Waals surface area contributed by atoms with Crippen molar-refractivity contribution >= 4 is 6.98 Å². The second-order valence-electron chi connectivity index (χ2n) is 3.21. The smallest absolute Gasteiger partial charge is 0.448 e. The molecule has 0 saturated heterocycles. The first-order valence-corrected chi connectivity index (χ1v) is 4.19. The summed E-state index contributed by atoms with van der Waals surface area (Å²) in [5.41, 5.74) is 0. The van der Waals surface area contributed by atoms with Crippen molar-refractivity contribution in [3.8, 4) is 6.07 Å². The second kappa shape index (κ2) is 8.14. The van der Waals surface area contributed by atoms with Gasteiger partial charge in [0.05, 0.1) is 6.07 Å². The predicted octanol–water partition coefficient (Wildman–Crippen LogP) is -0.999. The summed E-state index contributed by atoms with van der Waals surface area (Å²) in [6, 6.07) is 1.67. The fourth-order valence-electron chi connectivity index (χ4n) is 1.02. The standard InChI is InChI=1S/C7H13BF3N2.K/c1-7(2)13(5-3-4-12)6-8(9,10)11;/h7H,3,5-6H2,1-2H3;/q-1;+1. The SMILES string of the molecule is CC(C)N(CCC#N)C[B-](F)(F)F.[K+]. The third-order valence-corrected chi connectivity index (χ3v) is 1.68. The molecule has 0 aliphatic carbocycles. The van der Waals surface area contributed by atoms with Crippen LogP contribution in [0.2, 0.25) is 0 Å². The first kappa shape index (κ1) is 17.3. The maximum atomic E-state index is 12.0. The Morgan fingerprint density at radius 2 is 1.86 bits per heavy atom. The van der Waals surface area contributed by atoms with E-state index in [9.17, 15) is 12.9 Å². The first-order valence-electron chi connectivity index (χ1n) is 4.19. The van der Waals surface area contributed by atoms with E-state index in [1.807, 2.05) is 6.07 Å². The van der Waals surface area contributed by atoms with Crippen molar-refractivity contribution in [3.05, 3.63) is 0 Å². The molecule has 0 aliphatic heterocycles. The van der Waals surface area contributed by atoms with Gasteiger partial charge in [0, 0.05) is 19.0 Å². The van der Waals surface area contributed by atoms with Crippen molar-refractivity contribution in [2.75, 3.05) is 13.0 Å². The molecule has 0 aromatic rings. The van der Waals surface area contributed by atoms with E-state index in [1.165, 1.54) is 4.90 Å². The fraction of sp³-hybridized carbons (Fsp3) is 0.857. The average molecular weight is 232 g/mol. The molecule has 0 amide bonds. The summed E-state index contributed by atoms with van der Waals surface area (Å²) in [7, 11) is 0. The van der Waals surface area contributed by atoms with Crippen LogP contribution in [0.4, 0.5) is 12.9 Å². The van der Waals surface area contributed by atoms with Crippen LogP contribution < -0.4 is 51.4 Å². The molecule has 0 N–H and O–H groups in total. The molecule has 0 aliphatic rings. The number of hydrogen-bond acceptors (Lipinski definition) is 2. The van der Waals surface area contributed by atoms with Gasteiger partial charge in [-0.25, -0.2) is 0 Å². The molecule has 0 radical (unpaired) electrons. The molecular formula is C7H13BF3KN2. The number of nitriles is 1. The zero-order valence-corrected chi connectivity index (χ0v) is 11.9. The van der Waals surface area contributed by atoms with Crippen LogP contribution in [0.25, 0.3) is 0 Å². The maximum Gasteiger partial charge on any atom is 1.00 e. The van der Waals surface area contributed by atoms with Crippen molar-refractivity contribution in [2.24, 2.45) is 0 Å². The van der Waals surface area contributed by atoms with Crippen LogP contribution in [0, 0.1) is 11.3 Å². The predicted molar refractivity (Wildman–Crippen MR) is 46.0 cm³/mol. The molecule has 0 aromatic heterocycles. The molecule has 14 heavy (non-hydrogen) atoms. The van der Waals surface area contributed by atoms with Crippen molar-refractivity contribution in [1.82, 2.24) is 4.90 Å². The second-order valence-corrected chi connectivity index (χ2v) is 3.21. The number of hydrogen-bond donors (Lipinski definition) is 0. The summed E-state index contributed by atoms with van der Waals surface area (Å²) in [4.78, 5) is 1.27. The Kier molecular flexibility index (Phi) is 10.1. The van der Waals surface area contributed by atoms with Gasteiger partial charge in [0.1, 0.15) is 0 Å². The molecule has 2 nitrogen and oxygen atoms in total. The zero-order chi connectivity index (χ0) is 10.5. The van der Waals surface area contributed by atoms with E-state index >= 15 is 0 Å². The molecule has 7 heteroatoms. The van der Waals surface area contributed by atoms with Gasteiger partial charge in [0.25, 0.3) is 0 Å². The molecule has 0 fully saturated rings. The molecule has 0 saturated carbocycles. The van der Waals surface area contributed by atoms with Crippen molar-refractivity contribution < 1.29 is 64.3 Å². The fourth-order valence-corrected chi connectivity index (χ4v) is 1.02. The van der Waals surface area contributed by atoms with E-state index in [1.54, 1.807) is 13.8 Å². The molecule has 0 unspecified atom stereocenters. The summed E-state index contributed by atoms with van der Waals surface area (Å²) >= 11 is 0. The maximum absolute atomic E-state index is 12.0. The van der Waals surface area contributed by atoms with Gasteiger partial charge in [-0.05, 0) is 20.3 Å². The third kappa shape index (κ3) is 9.49. The molecule has 0 rings (SSSR count). The van der Waals surface area contributed by atoms with Crippen LogP contribution in [0.5, 0.6) is 0 Å². The van der Waals surface area contributed by atoms with E-state index < -0.39 is 13.4 Å². The summed E-state index contributed by atoms with van der Waals surface area (Å²) in [5, 5.41) is 8.24. The topological polar surface area (TPSA) is 27.0 Å². The Balaban J connectivity index is 0. The molecular weight excluding hydrogens is 219 g/mol. The van der Waals surface area contributed by atoms with Crippen molar-refractivity contribution in [1.29, 1.82) is 5.26 Å². The van der Waals surface area contributed by atoms with Gasteiger partial charge >= 0.3 is 58.4 Å². The Morgan fingerprint density at radius 3 is 2.14 bits per heavy atom. The van der Waals surface area contributed by atoms with Crippen LogP contribution in [0.1, 0.15) is 20.3 Å². The number of nitrogens with zero attached hydrogens (tertiary/aromatic N) is 2. The quantitative estimate of drug-likeness (QED) is 0.568. The van der Waals surface area contributed by atoms with Gasteiger partial charge in [-0.1, -0.05) is 0 Å². The summed E-state index contributed by atoms with van der Waals surface area (Å²) in [6.07, 6.45) is -0.732. The number of halogens is 3. The average Bonchev–Trinajstić information content (AvgIpc) is 1.95. The van der Waals surface area contributed by atoms with Crippen LogP contribution in [0.15, 0.2) is 0 Å². The summed E-state index contributed by atoms with van der Waals surface area (Å²) < 4.78 is 36.1. The molecule has 0 spiro atoms. The van der Waals surface area contributed by atoms with Gasteiger partial charge in [-0.2, -0.15) is 5.26 Å². The van der Waals surface area contributed by atoms with Crippen LogP contribution in [-0.2, 0) is 0 Å². The van der Waals surface area contributed by atoms with E-state index in [-0.39, 0.29) is 70.4 Å². The van der Waals surface area contributed by atoms with E-state index in [2.05, 4.69) is 0 Å². The zero-order valence-electron chi connectivity index (χ0n) is 8.80. The normalized spacial score (nSPS) is 11.3. The third-order valence-electron chi connectivity index (χ3n) is 1.68. The van der Waals surface area contributed by atoms with Crippen LogP contribution in [0.3, 0.4) is 0 Å². The monoisotopic (exact) mass is 232 g/mol. The van der Waals surface area contributed by atoms with Gasteiger partial charge in [0.15, 0.2) is 0 Å². The van der Waals surface area contributed by atoms with Crippen LogP contribution >= 0.6 is 0 Å². The summed E-state index contributed by atoms with van der Waals surface area (Å²) in [6.45, 7) is -1.20. The van der Waals surface area contributed by atoms with Gasteiger partial charge in [0.2, 0.25) is 0 Å². The number of rotatable bonds is 5. The Morgan fingerprint density at radius 1 is 1.36 bits per heavy atom. The van der Waals surface area contributed by atoms with E-state index in [4.69, 9.17) is 5.26 Å². The molecule has 0 heterocycles. The molecule has 76 valence electrons. The minimum Gasteiger partial charge on any atom is -0.448 e. The van der Waals surface area contributed by atoms with Gasteiger partial charge in [-0.3, -0.25) is 0 Å². The Labute approximate surface area is 125 Å². The Bertz CT molecular complexity index is 190.